The number of anilines is 1. The van der Waals surface area contributed by atoms with E-state index in [-0.39, 0.29) is 0 Å². The van der Waals surface area contributed by atoms with Crippen LogP contribution in [-0.2, 0) is 0 Å². The average molecular weight is 273 g/mol. The van der Waals surface area contributed by atoms with E-state index in [1.165, 1.54) is 10.5 Å². The summed E-state index contributed by atoms with van der Waals surface area (Å²) in [4.78, 5) is 10.2. The van der Waals surface area contributed by atoms with Gasteiger partial charge in [0.1, 0.15) is 16.7 Å². The van der Waals surface area contributed by atoms with E-state index in [1.54, 1.807) is 11.8 Å². The predicted octanol–water partition coefficient (Wildman–Crippen LogP) is 3.98. The minimum absolute atomic E-state index is 0.802. The monoisotopic (exact) mass is 273 g/mol. The molecule has 0 saturated heterocycles. The van der Waals surface area contributed by atoms with E-state index in [2.05, 4.69) is 60.3 Å². The Morgan fingerprint density at radius 1 is 1.05 bits per heavy atom. The van der Waals surface area contributed by atoms with Crippen molar-refractivity contribution in [3.63, 3.8) is 0 Å². The van der Waals surface area contributed by atoms with Gasteiger partial charge in [-0.3, -0.25) is 0 Å². The molecule has 0 aliphatic rings. The van der Waals surface area contributed by atoms with Gasteiger partial charge in [0.15, 0.2) is 0 Å². The summed E-state index contributed by atoms with van der Waals surface area (Å²) in [6, 6.07) is 8.50. The molecule has 0 spiro atoms. The van der Waals surface area contributed by atoms with Crippen molar-refractivity contribution >= 4 is 17.6 Å². The Kier molecular flexibility index (Phi) is 4.43. The Hall–Kier alpha value is -1.55. The molecule has 2 aromatic rings. The summed E-state index contributed by atoms with van der Waals surface area (Å²) < 4.78 is 0. The van der Waals surface area contributed by atoms with Crippen molar-refractivity contribution in [2.75, 3.05) is 11.9 Å². The van der Waals surface area contributed by atoms with Crippen molar-refractivity contribution in [2.45, 2.75) is 37.6 Å². The Bertz CT molecular complexity index is 564. The highest BCUT2D eigenvalue weighted by Crippen LogP contribution is 2.31. The number of nitrogens with zero attached hydrogens (tertiary/aromatic N) is 2. The number of rotatable bonds is 4. The van der Waals surface area contributed by atoms with Crippen molar-refractivity contribution in [3.05, 3.63) is 41.2 Å². The molecule has 1 aromatic carbocycles. The molecule has 2 rings (SSSR count). The third-order valence-electron chi connectivity index (χ3n) is 2.79. The van der Waals surface area contributed by atoms with E-state index in [9.17, 15) is 0 Å². The molecule has 1 N–H and O–H groups in total. The van der Waals surface area contributed by atoms with Gasteiger partial charge in [-0.1, -0.05) is 29.5 Å². The Morgan fingerprint density at radius 2 is 1.74 bits per heavy atom. The first-order valence-corrected chi connectivity index (χ1v) is 7.25. The van der Waals surface area contributed by atoms with Crippen LogP contribution in [0.2, 0.25) is 0 Å². The summed E-state index contributed by atoms with van der Waals surface area (Å²) in [6.45, 7) is 9.03. The number of hydrogen-bond acceptors (Lipinski definition) is 4. The number of aromatic nitrogens is 2. The fourth-order valence-electron chi connectivity index (χ4n) is 1.76. The van der Waals surface area contributed by atoms with E-state index in [4.69, 9.17) is 0 Å². The number of hydrogen-bond donors (Lipinski definition) is 1. The van der Waals surface area contributed by atoms with Crippen LogP contribution >= 0.6 is 11.8 Å². The lowest BCUT2D eigenvalue weighted by Crippen LogP contribution is -2.05. The van der Waals surface area contributed by atoms with Crippen molar-refractivity contribution in [3.8, 4) is 0 Å². The lowest BCUT2D eigenvalue weighted by Gasteiger charge is -2.11. The second kappa shape index (κ2) is 6.06. The molecular formula is C15H19N3S. The topological polar surface area (TPSA) is 37.8 Å². The molecule has 1 heterocycles. The highest BCUT2D eigenvalue weighted by molar-refractivity contribution is 7.99. The van der Waals surface area contributed by atoms with Gasteiger partial charge in [-0.2, -0.15) is 0 Å². The summed E-state index contributed by atoms with van der Waals surface area (Å²) in [5.74, 6) is 1.74. The van der Waals surface area contributed by atoms with Crippen LogP contribution in [0.4, 0.5) is 5.82 Å². The first kappa shape index (κ1) is 13.9. The summed E-state index contributed by atoms with van der Waals surface area (Å²) in [5.41, 5.74) is 2.38. The molecule has 0 fully saturated rings. The van der Waals surface area contributed by atoms with Crippen LogP contribution in [-0.4, -0.2) is 16.5 Å². The molecule has 0 atom stereocenters. The second-order valence-corrected chi connectivity index (χ2v) is 5.56. The number of nitrogens with one attached hydrogen (secondary N) is 1. The maximum atomic E-state index is 4.55. The molecule has 0 amide bonds. The molecule has 4 heteroatoms. The van der Waals surface area contributed by atoms with E-state index in [0.717, 1.165) is 28.8 Å². The van der Waals surface area contributed by atoms with E-state index >= 15 is 0 Å². The van der Waals surface area contributed by atoms with E-state index in [1.807, 2.05) is 6.92 Å². The zero-order valence-corrected chi connectivity index (χ0v) is 12.6. The van der Waals surface area contributed by atoms with Gasteiger partial charge in [-0.25, -0.2) is 9.97 Å². The smallest absolute Gasteiger partial charge is 0.133 e. The van der Waals surface area contributed by atoms with Crippen molar-refractivity contribution in [2.24, 2.45) is 0 Å². The molecule has 19 heavy (non-hydrogen) atoms. The highest BCUT2D eigenvalue weighted by Gasteiger charge is 2.10. The molecule has 0 aliphatic heterocycles. The molecular weight excluding hydrogens is 254 g/mol. The molecule has 0 unspecified atom stereocenters. The second-order valence-electron chi connectivity index (χ2n) is 4.50. The summed E-state index contributed by atoms with van der Waals surface area (Å²) in [7, 11) is 0. The zero-order valence-electron chi connectivity index (χ0n) is 11.8. The van der Waals surface area contributed by atoms with Crippen LogP contribution in [0.25, 0.3) is 0 Å². The van der Waals surface area contributed by atoms with Crippen LogP contribution in [0.5, 0.6) is 0 Å². The van der Waals surface area contributed by atoms with Crippen molar-refractivity contribution in [1.82, 2.24) is 9.97 Å². The SMILES string of the molecule is CCNc1nc(C)nc(Sc2ccc(C)cc2)c1C. The molecule has 0 radical (unpaired) electrons. The van der Waals surface area contributed by atoms with Gasteiger partial charge in [0.25, 0.3) is 0 Å². The lowest BCUT2D eigenvalue weighted by molar-refractivity contribution is 0.932. The fraction of sp³-hybridized carbons (Fsp3) is 0.333. The minimum Gasteiger partial charge on any atom is -0.370 e. The fourth-order valence-corrected chi connectivity index (χ4v) is 2.68. The van der Waals surface area contributed by atoms with Gasteiger partial charge in [0.2, 0.25) is 0 Å². The molecule has 0 saturated carbocycles. The van der Waals surface area contributed by atoms with Gasteiger partial charge in [-0.05, 0) is 39.8 Å². The number of aryl methyl sites for hydroxylation is 2. The normalized spacial score (nSPS) is 10.5. The average Bonchev–Trinajstić information content (AvgIpc) is 2.38. The van der Waals surface area contributed by atoms with Crippen LogP contribution in [0.15, 0.2) is 34.2 Å². The van der Waals surface area contributed by atoms with Gasteiger partial charge < -0.3 is 5.32 Å². The van der Waals surface area contributed by atoms with Gasteiger partial charge in [0.05, 0.1) is 0 Å². The Morgan fingerprint density at radius 3 is 2.37 bits per heavy atom. The van der Waals surface area contributed by atoms with E-state index in [0.29, 0.717) is 0 Å². The number of benzene rings is 1. The first-order valence-electron chi connectivity index (χ1n) is 6.43. The highest BCUT2D eigenvalue weighted by atomic mass is 32.2. The standard InChI is InChI=1S/C15H19N3S/c1-5-16-14-11(3)15(18-12(4)17-14)19-13-8-6-10(2)7-9-13/h6-9H,5H2,1-4H3,(H,16,17,18). The van der Waals surface area contributed by atoms with Crippen LogP contribution in [0.3, 0.4) is 0 Å². The van der Waals surface area contributed by atoms with Crippen molar-refractivity contribution < 1.29 is 0 Å². The van der Waals surface area contributed by atoms with Gasteiger partial charge in [0, 0.05) is 17.0 Å². The molecule has 0 bridgehead atoms. The van der Waals surface area contributed by atoms with Crippen LogP contribution in [0.1, 0.15) is 23.9 Å². The Labute approximate surface area is 118 Å². The lowest BCUT2D eigenvalue weighted by atomic mass is 10.2. The molecule has 1 aromatic heterocycles. The minimum atomic E-state index is 0.802. The summed E-state index contributed by atoms with van der Waals surface area (Å²) >= 11 is 1.69. The third kappa shape index (κ3) is 3.47. The maximum absolute atomic E-state index is 4.55. The largest absolute Gasteiger partial charge is 0.370 e. The maximum Gasteiger partial charge on any atom is 0.133 e. The third-order valence-corrected chi connectivity index (χ3v) is 3.89. The van der Waals surface area contributed by atoms with Crippen LogP contribution < -0.4 is 5.32 Å². The van der Waals surface area contributed by atoms with Crippen molar-refractivity contribution in [1.29, 1.82) is 0 Å². The first-order chi connectivity index (χ1) is 9.10. The van der Waals surface area contributed by atoms with Crippen LogP contribution in [0, 0.1) is 20.8 Å². The summed E-state index contributed by atoms with van der Waals surface area (Å²) in [6.07, 6.45) is 0. The quantitative estimate of drug-likeness (QED) is 0.855. The summed E-state index contributed by atoms with van der Waals surface area (Å²) in [5, 5.41) is 4.31. The molecule has 3 nitrogen and oxygen atoms in total. The molecule has 100 valence electrons. The van der Waals surface area contributed by atoms with Gasteiger partial charge >= 0.3 is 0 Å². The zero-order chi connectivity index (χ0) is 13.8. The predicted molar refractivity (Wildman–Crippen MR) is 81.0 cm³/mol. The van der Waals surface area contributed by atoms with E-state index < -0.39 is 0 Å². The molecule has 0 aliphatic carbocycles. The Balaban J connectivity index is 2.31. The van der Waals surface area contributed by atoms with Gasteiger partial charge in [-0.15, -0.1) is 0 Å².